The van der Waals surface area contributed by atoms with Crippen molar-refractivity contribution in [3.05, 3.63) is 48.7 Å². The van der Waals surface area contributed by atoms with Crippen molar-refractivity contribution in [1.29, 1.82) is 5.41 Å². The van der Waals surface area contributed by atoms with E-state index < -0.39 is 0 Å². The first-order valence-corrected chi connectivity index (χ1v) is 5.70. The van der Waals surface area contributed by atoms with Crippen LogP contribution >= 0.6 is 0 Å². The molecule has 2 aromatic rings. The molecule has 0 spiro atoms. The molecule has 92 valence electrons. The summed E-state index contributed by atoms with van der Waals surface area (Å²) in [7, 11) is 0. The zero-order chi connectivity index (χ0) is 12.8. The Labute approximate surface area is 106 Å². The number of benzene rings is 1. The fourth-order valence-electron chi connectivity index (χ4n) is 1.65. The van der Waals surface area contributed by atoms with E-state index in [9.17, 15) is 0 Å². The summed E-state index contributed by atoms with van der Waals surface area (Å²) in [6.45, 7) is 0.609. The van der Waals surface area contributed by atoms with Crippen LogP contribution in [0, 0.1) is 5.41 Å². The molecule has 0 saturated heterocycles. The molecule has 1 heterocycles. The first kappa shape index (κ1) is 12.0. The second-order valence-corrected chi connectivity index (χ2v) is 3.84. The number of nitrogens with two attached hydrogens (primary N) is 1. The van der Waals surface area contributed by atoms with E-state index in [0.29, 0.717) is 13.0 Å². The van der Waals surface area contributed by atoms with E-state index in [4.69, 9.17) is 11.1 Å². The molecular formula is C13H15N5. The van der Waals surface area contributed by atoms with Crippen LogP contribution in [0.1, 0.15) is 6.42 Å². The zero-order valence-corrected chi connectivity index (χ0v) is 9.95. The lowest BCUT2D eigenvalue weighted by Crippen LogP contribution is -2.24. The van der Waals surface area contributed by atoms with Crippen LogP contribution in [-0.4, -0.2) is 22.6 Å². The summed E-state index contributed by atoms with van der Waals surface area (Å²) < 4.78 is 0. The van der Waals surface area contributed by atoms with Crippen LogP contribution in [0.15, 0.2) is 48.7 Å². The maximum absolute atomic E-state index is 7.33. The van der Waals surface area contributed by atoms with Crippen molar-refractivity contribution in [1.82, 2.24) is 10.2 Å². The Morgan fingerprint density at radius 2 is 1.94 bits per heavy atom. The summed E-state index contributed by atoms with van der Waals surface area (Å²) in [5.74, 6) is 0.921. The minimum atomic E-state index is 0.167. The van der Waals surface area contributed by atoms with Gasteiger partial charge in [0.2, 0.25) is 0 Å². The predicted octanol–water partition coefficient (Wildman–Crippen LogP) is 1.94. The van der Waals surface area contributed by atoms with Crippen molar-refractivity contribution >= 4 is 17.3 Å². The number of amidine groups is 1. The summed E-state index contributed by atoms with van der Waals surface area (Å²) in [5, 5.41) is 15.3. The number of hydrogen-bond donors (Lipinski definition) is 2. The highest BCUT2D eigenvalue weighted by atomic mass is 15.3. The number of anilines is 2. The number of nitrogens with zero attached hydrogens (tertiary/aromatic N) is 3. The van der Waals surface area contributed by atoms with Gasteiger partial charge in [0, 0.05) is 24.8 Å². The molecule has 2 rings (SSSR count). The molecule has 1 aromatic carbocycles. The second kappa shape index (κ2) is 5.77. The average Bonchev–Trinajstić information content (AvgIpc) is 2.41. The normalized spacial score (nSPS) is 10.0. The van der Waals surface area contributed by atoms with Gasteiger partial charge in [-0.3, -0.25) is 5.41 Å². The summed E-state index contributed by atoms with van der Waals surface area (Å²) in [5.41, 5.74) is 6.43. The molecule has 0 bridgehead atoms. The van der Waals surface area contributed by atoms with Crippen molar-refractivity contribution < 1.29 is 0 Å². The maximum Gasteiger partial charge on any atom is 0.155 e. The topological polar surface area (TPSA) is 78.9 Å². The summed E-state index contributed by atoms with van der Waals surface area (Å²) in [6.07, 6.45) is 2.13. The largest absolute Gasteiger partial charge is 0.388 e. The fourth-order valence-corrected chi connectivity index (χ4v) is 1.65. The number of hydrogen-bond acceptors (Lipinski definition) is 4. The molecule has 5 heteroatoms. The Kier molecular flexibility index (Phi) is 3.86. The Bertz CT molecular complexity index is 458. The highest BCUT2D eigenvalue weighted by Gasteiger charge is 2.10. The smallest absolute Gasteiger partial charge is 0.155 e. The minimum Gasteiger partial charge on any atom is -0.388 e. The lowest BCUT2D eigenvalue weighted by Gasteiger charge is -2.22. The van der Waals surface area contributed by atoms with Gasteiger partial charge in [0.25, 0.3) is 0 Å². The zero-order valence-electron chi connectivity index (χ0n) is 9.95. The SMILES string of the molecule is N=C(N)CCN(c1ccccc1)c1cccnn1. The van der Waals surface area contributed by atoms with E-state index in [0.717, 1.165) is 11.5 Å². The molecule has 0 saturated carbocycles. The number of aromatic nitrogens is 2. The molecular weight excluding hydrogens is 226 g/mol. The van der Waals surface area contributed by atoms with Gasteiger partial charge >= 0.3 is 0 Å². The molecule has 0 fully saturated rings. The molecule has 5 nitrogen and oxygen atoms in total. The maximum atomic E-state index is 7.33. The molecule has 0 aliphatic carbocycles. The first-order valence-electron chi connectivity index (χ1n) is 5.70. The van der Waals surface area contributed by atoms with Crippen molar-refractivity contribution in [2.45, 2.75) is 6.42 Å². The van der Waals surface area contributed by atoms with Gasteiger partial charge in [0.15, 0.2) is 5.82 Å². The Morgan fingerprint density at radius 3 is 2.56 bits per heavy atom. The highest BCUT2D eigenvalue weighted by molar-refractivity contribution is 5.78. The lowest BCUT2D eigenvalue weighted by atomic mass is 10.2. The van der Waals surface area contributed by atoms with E-state index in [1.807, 2.05) is 47.4 Å². The van der Waals surface area contributed by atoms with E-state index in [-0.39, 0.29) is 5.84 Å². The van der Waals surface area contributed by atoms with Crippen LogP contribution in [0.3, 0.4) is 0 Å². The molecule has 0 unspecified atom stereocenters. The molecule has 0 amide bonds. The van der Waals surface area contributed by atoms with Crippen molar-refractivity contribution in [2.75, 3.05) is 11.4 Å². The third kappa shape index (κ3) is 3.04. The Hall–Kier alpha value is -2.43. The predicted molar refractivity (Wildman–Crippen MR) is 72.0 cm³/mol. The first-order chi connectivity index (χ1) is 8.77. The van der Waals surface area contributed by atoms with Crippen LogP contribution < -0.4 is 10.6 Å². The quantitative estimate of drug-likeness (QED) is 0.619. The third-order valence-corrected chi connectivity index (χ3v) is 2.51. The van der Waals surface area contributed by atoms with E-state index in [2.05, 4.69) is 10.2 Å². The van der Waals surface area contributed by atoms with Crippen molar-refractivity contribution in [2.24, 2.45) is 5.73 Å². The third-order valence-electron chi connectivity index (χ3n) is 2.51. The van der Waals surface area contributed by atoms with E-state index >= 15 is 0 Å². The summed E-state index contributed by atoms with van der Waals surface area (Å²) >= 11 is 0. The Morgan fingerprint density at radius 1 is 1.17 bits per heavy atom. The molecule has 0 aliphatic rings. The second-order valence-electron chi connectivity index (χ2n) is 3.84. The van der Waals surface area contributed by atoms with Gasteiger partial charge in [-0.15, -0.1) is 5.10 Å². The van der Waals surface area contributed by atoms with Crippen LogP contribution in [-0.2, 0) is 0 Å². The van der Waals surface area contributed by atoms with Crippen molar-refractivity contribution in [3.8, 4) is 0 Å². The summed E-state index contributed by atoms with van der Waals surface area (Å²) in [6, 6.07) is 13.6. The van der Waals surface area contributed by atoms with Crippen LogP contribution in [0.5, 0.6) is 0 Å². The number of rotatable bonds is 5. The van der Waals surface area contributed by atoms with Gasteiger partial charge < -0.3 is 10.6 Å². The molecule has 1 aromatic heterocycles. The molecule has 3 N–H and O–H groups in total. The molecule has 0 atom stereocenters. The van der Waals surface area contributed by atoms with Gasteiger partial charge in [0.1, 0.15) is 0 Å². The standard InChI is InChI=1S/C13H15N5/c14-12(15)8-10-18(11-5-2-1-3-6-11)13-7-4-9-16-17-13/h1-7,9H,8,10H2,(H3,14,15). The van der Waals surface area contributed by atoms with Crippen LogP contribution in [0.25, 0.3) is 0 Å². The number of nitrogens with one attached hydrogen (secondary N) is 1. The lowest BCUT2D eigenvalue weighted by molar-refractivity contribution is 0.898. The summed E-state index contributed by atoms with van der Waals surface area (Å²) in [4.78, 5) is 1.99. The monoisotopic (exact) mass is 241 g/mol. The van der Waals surface area contributed by atoms with E-state index in [1.165, 1.54) is 0 Å². The van der Waals surface area contributed by atoms with Gasteiger partial charge in [-0.1, -0.05) is 18.2 Å². The fraction of sp³-hybridized carbons (Fsp3) is 0.154. The van der Waals surface area contributed by atoms with Gasteiger partial charge in [-0.2, -0.15) is 5.10 Å². The van der Waals surface area contributed by atoms with Gasteiger partial charge in [0.05, 0.1) is 5.84 Å². The number of para-hydroxylation sites is 1. The molecule has 0 radical (unpaired) electrons. The van der Waals surface area contributed by atoms with Crippen molar-refractivity contribution in [3.63, 3.8) is 0 Å². The average molecular weight is 241 g/mol. The van der Waals surface area contributed by atoms with Crippen LogP contribution in [0.4, 0.5) is 11.5 Å². The van der Waals surface area contributed by atoms with E-state index in [1.54, 1.807) is 6.20 Å². The Balaban J connectivity index is 2.26. The highest BCUT2D eigenvalue weighted by Crippen LogP contribution is 2.22. The molecule has 0 aliphatic heterocycles. The molecule has 18 heavy (non-hydrogen) atoms. The minimum absolute atomic E-state index is 0.167. The van der Waals surface area contributed by atoms with Gasteiger partial charge in [-0.25, -0.2) is 0 Å². The van der Waals surface area contributed by atoms with Crippen LogP contribution in [0.2, 0.25) is 0 Å². The van der Waals surface area contributed by atoms with Gasteiger partial charge in [-0.05, 0) is 24.3 Å².